The summed E-state index contributed by atoms with van der Waals surface area (Å²) in [6.45, 7) is 0. The number of aldehydes is 1. The topological polar surface area (TPSA) is 40.9 Å². The quantitative estimate of drug-likeness (QED) is 0.622. The van der Waals surface area contributed by atoms with Gasteiger partial charge in [0.05, 0.1) is 6.04 Å². The third-order valence-corrected chi connectivity index (χ3v) is 1.51. The van der Waals surface area contributed by atoms with Crippen molar-refractivity contribution in [3.8, 4) is 0 Å². The predicted molar refractivity (Wildman–Crippen MR) is 43.1 cm³/mol. The second kappa shape index (κ2) is 3.97. The number of hydrogen-bond donors (Lipinski definition) is 0. The molecule has 0 saturated heterocycles. The van der Waals surface area contributed by atoms with Gasteiger partial charge in [0.15, 0.2) is 0 Å². The molecule has 0 aliphatic rings. The third-order valence-electron chi connectivity index (χ3n) is 1.51. The van der Waals surface area contributed by atoms with Crippen LogP contribution >= 0.6 is 0 Å². The van der Waals surface area contributed by atoms with E-state index in [4.69, 9.17) is 5.73 Å². The Morgan fingerprint density at radius 2 is 2.33 bits per heavy atom. The smallest absolute Gasteiger partial charge is 0.138 e. The molecule has 63 valence electrons. The van der Waals surface area contributed by atoms with Gasteiger partial charge in [-0.15, -0.1) is 0 Å². The van der Waals surface area contributed by atoms with Gasteiger partial charge in [0.25, 0.3) is 0 Å². The molecule has 3 heteroatoms. The first-order valence-corrected chi connectivity index (χ1v) is 3.63. The Kier molecular flexibility index (Phi) is 2.94. The van der Waals surface area contributed by atoms with Gasteiger partial charge in [-0.3, -0.25) is 0 Å². The second-order valence-electron chi connectivity index (χ2n) is 2.58. The Morgan fingerprint density at radius 1 is 1.58 bits per heavy atom. The van der Waals surface area contributed by atoms with Gasteiger partial charge >= 0.3 is 0 Å². The molecule has 1 atom stereocenters. The molecule has 0 fully saturated rings. The molecule has 0 aliphatic heterocycles. The zero-order valence-electron chi connectivity index (χ0n) is 6.46. The van der Waals surface area contributed by atoms with E-state index >= 15 is 0 Å². The lowest BCUT2D eigenvalue weighted by Crippen LogP contribution is -2.13. The summed E-state index contributed by atoms with van der Waals surface area (Å²) >= 11 is 0. The summed E-state index contributed by atoms with van der Waals surface area (Å²) in [6.07, 6.45) is 0.826. The van der Waals surface area contributed by atoms with Crippen molar-refractivity contribution in [1.29, 1.82) is 0 Å². The average Bonchev–Trinajstić information content (AvgIpc) is 2.04. The maximum absolute atomic E-state index is 12.6. The van der Waals surface area contributed by atoms with Crippen molar-refractivity contribution in [2.24, 2.45) is 0 Å². The largest absolute Gasteiger partial charge is 0.302 e. The van der Waals surface area contributed by atoms with Crippen LogP contribution < -0.4 is 5.73 Å². The van der Waals surface area contributed by atoms with Crippen LogP contribution in [0, 0.1) is 5.82 Å². The van der Waals surface area contributed by atoms with E-state index in [-0.39, 0.29) is 12.2 Å². The van der Waals surface area contributed by atoms with Gasteiger partial charge in [-0.05, 0) is 24.1 Å². The standard InChI is InChI=1S/C9H9FNO/c10-8-3-1-2-7(4-8)5-9(11)6-12/h1-4,6,9,11H,5H2. The summed E-state index contributed by atoms with van der Waals surface area (Å²) in [4.78, 5) is 10.1. The normalized spacial score (nSPS) is 12.5. The molecule has 0 heterocycles. The Bertz CT molecular complexity index is 275. The lowest BCUT2D eigenvalue weighted by Gasteiger charge is -2.02. The summed E-state index contributed by atoms with van der Waals surface area (Å²) in [7, 11) is 0. The third kappa shape index (κ3) is 2.43. The minimum atomic E-state index is -0.785. The van der Waals surface area contributed by atoms with E-state index in [2.05, 4.69) is 0 Å². The molecule has 0 amide bonds. The molecule has 1 aromatic carbocycles. The maximum Gasteiger partial charge on any atom is 0.138 e. The lowest BCUT2D eigenvalue weighted by atomic mass is 10.1. The van der Waals surface area contributed by atoms with Crippen molar-refractivity contribution in [2.75, 3.05) is 0 Å². The lowest BCUT2D eigenvalue weighted by molar-refractivity contribution is -0.109. The molecule has 1 aromatic rings. The van der Waals surface area contributed by atoms with E-state index in [0.29, 0.717) is 11.8 Å². The van der Waals surface area contributed by atoms with Crippen LogP contribution in [-0.2, 0) is 11.2 Å². The molecule has 12 heavy (non-hydrogen) atoms. The Labute approximate surface area is 70.2 Å². The summed E-state index contributed by atoms with van der Waals surface area (Å²) in [5, 5.41) is 0. The molecule has 0 aliphatic carbocycles. The van der Waals surface area contributed by atoms with Gasteiger partial charge in [-0.2, -0.15) is 0 Å². The number of hydrogen-bond acceptors (Lipinski definition) is 1. The predicted octanol–water partition coefficient (Wildman–Crippen LogP) is 1.22. The van der Waals surface area contributed by atoms with Gasteiger partial charge in [-0.25, -0.2) is 10.1 Å². The van der Waals surface area contributed by atoms with Crippen molar-refractivity contribution in [3.05, 3.63) is 35.6 Å². The highest BCUT2D eigenvalue weighted by atomic mass is 19.1. The summed E-state index contributed by atoms with van der Waals surface area (Å²) in [6, 6.07) is 5.16. The minimum absolute atomic E-state index is 0.279. The first-order chi connectivity index (χ1) is 5.72. The van der Waals surface area contributed by atoms with Crippen LogP contribution in [0.4, 0.5) is 4.39 Å². The van der Waals surface area contributed by atoms with E-state index < -0.39 is 6.04 Å². The number of rotatable bonds is 3. The highest BCUT2D eigenvalue weighted by Crippen LogP contribution is 2.05. The van der Waals surface area contributed by atoms with Gasteiger partial charge in [0.1, 0.15) is 12.1 Å². The van der Waals surface area contributed by atoms with Crippen molar-refractivity contribution in [2.45, 2.75) is 12.5 Å². The summed E-state index contributed by atoms with van der Waals surface area (Å²) in [5.74, 6) is -0.328. The molecule has 2 nitrogen and oxygen atoms in total. The van der Waals surface area contributed by atoms with E-state index in [1.165, 1.54) is 12.1 Å². The van der Waals surface area contributed by atoms with Crippen LogP contribution in [0.15, 0.2) is 24.3 Å². The molecule has 1 N–H and O–H groups in total. The van der Waals surface area contributed by atoms with E-state index in [1.807, 2.05) is 0 Å². The molecular weight excluding hydrogens is 157 g/mol. The summed E-state index contributed by atoms with van der Waals surface area (Å²) < 4.78 is 12.6. The molecule has 1 unspecified atom stereocenters. The van der Waals surface area contributed by atoms with Crippen LogP contribution in [0.1, 0.15) is 5.56 Å². The zero-order chi connectivity index (χ0) is 8.97. The van der Waals surface area contributed by atoms with Crippen LogP contribution in [0.3, 0.4) is 0 Å². The van der Waals surface area contributed by atoms with Gasteiger partial charge in [0.2, 0.25) is 0 Å². The zero-order valence-corrected chi connectivity index (χ0v) is 6.46. The fraction of sp³-hybridized carbons (Fsp3) is 0.222. The first kappa shape index (κ1) is 8.87. The number of halogens is 1. The SMILES string of the molecule is [NH]C(C=O)Cc1cccc(F)c1. The Hall–Kier alpha value is -1.22. The highest BCUT2D eigenvalue weighted by Gasteiger charge is 2.02. The average molecular weight is 166 g/mol. The number of benzene rings is 1. The van der Waals surface area contributed by atoms with Gasteiger partial charge in [-0.1, -0.05) is 12.1 Å². The first-order valence-electron chi connectivity index (χ1n) is 3.63. The van der Waals surface area contributed by atoms with E-state index in [0.717, 1.165) is 0 Å². The fourth-order valence-electron chi connectivity index (χ4n) is 0.966. The fourth-order valence-corrected chi connectivity index (χ4v) is 0.966. The monoisotopic (exact) mass is 166 g/mol. The van der Waals surface area contributed by atoms with Crippen LogP contribution in [-0.4, -0.2) is 12.3 Å². The molecule has 0 spiro atoms. The Balaban J connectivity index is 2.69. The number of carbonyl (C=O) groups is 1. The van der Waals surface area contributed by atoms with Gasteiger partial charge in [0, 0.05) is 0 Å². The molecule has 0 saturated carbocycles. The second-order valence-corrected chi connectivity index (χ2v) is 2.58. The van der Waals surface area contributed by atoms with Crippen LogP contribution in [0.2, 0.25) is 0 Å². The summed E-state index contributed by atoms with van der Waals surface area (Å²) in [5.41, 5.74) is 7.82. The maximum atomic E-state index is 12.6. The minimum Gasteiger partial charge on any atom is -0.302 e. The van der Waals surface area contributed by atoms with E-state index in [1.54, 1.807) is 12.1 Å². The highest BCUT2D eigenvalue weighted by molar-refractivity contribution is 5.57. The molecule has 1 radical (unpaired) electrons. The number of carbonyl (C=O) groups excluding carboxylic acids is 1. The van der Waals surface area contributed by atoms with Crippen LogP contribution in [0.25, 0.3) is 0 Å². The van der Waals surface area contributed by atoms with Crippen molar-refractivity contribution < 1.29 is 9.18 Å². The van der Waals surface area contributed by atoms with E-state index in [9.17, 15) is 9.18 Å². The Morgan fingerprint density at radius 3 is 2.92 bits per heavy atom. The van der Waals surface area contributed by atoms with Crippen molar-refractivity contribution in [3.63, 3.8) is 0 Å². The molecule has 1 rings (SSSR count). The van der Waals surface area contributed by atoms with Crippen molar-refractivity contribution >= 4 is 6.29 Å². The molecule has 0 bridgehead atoms. The van der Waals surface area contributed by atoms with Crippen LogP contribution in [0.5, 0.6) is 0 Å². The molecule has 0 aromatic heterocycles. The van der Waals surface area contributed by atoms with Crippen molar-refractivity contribution in [1.82, 2.24) is 5.73 Å². The molecular formula is C9H9FNO. The van der Waals surface area contributed by atoms with Gasteiger partial charge < -0.3 is 4.79 Å². The number of nitrogens with one attached hydrogen (secondary N) is 1.